The van der Waals surface area contributed by atoms with E-state index in [0.29, 0.717) is 21.3 Å². The van der Waals surface area contributed by atoms with Gasteiger partial charge in [-0.1, -0.05) is 23.2 Å². The van der Waals surface area contributed by atoms with E-state index in [2.05, 4.69) is 4.99 Å². The van der Waals surface area contributed by atoms with Gasteiger partial charge in [0, 0.05) is 15.8 Å². The van der Waals surface area contributed by atoms with Crippen molar-refractivity contribution in [2.45, 2.75) is 25.8 Å². The maximum Gasteiger partial charge on any atom is 0.312 e. The van der Waals surface area contributed by atoms with Crippen LogP contribution in [-0.2, 0) is 15.1 Å². The van der Waals surface area contributed by atoms with Crippen molar-refractivity contribution in [3.8, 4) is 0 Å². The quantitative estimate of drug-likeness (QED) is 0.879. The highest BCUT2D eigenvalue weighted by Gasteiger charge is 2.47. The zero-order chi connectivity index (χ0) is 16.7. The van der Waals surface area contributed by atoms with E-state index in [4.69, 9.17) is 23.2 Å². The summed E-state index contributed by atoms with van der Waals surface area (Å²) in [5.41, 5.74) is -0.166. The van der Waals surface area contributed by atoms with Crippen LogP contribution in [0.25, 0.3) is 0 Å². The number of carbonyl (C=O) groups is 2. The molecule has 2 N–H and O–H groups in total. The maximum absolute atomic E-state index is 11.7. The summed E-state index contributed by atoms with van der Waals surface area (Å²) in [5.74, 6) is -4.05. The Bertz CT molecular complexity index is 653. The fourth-order valence-electron chi connectivity index (χ4n) is 2.89. The molecule has 3 atom stereocenters. The first-order valence-electron chi connectivity index (χ1n) is 6.63. The van der Waals surface area contributed by atoms with Gasteiger partial charge in [0.25, 0.3) is 0 Å². The third kappa shape index (κ3) is 2.96. The predicted octanol–water partition coefficient (Wildman–Crippen LogP) is 3.47. The second-order valence-electron chi connectivity index (χ2n) is 5.58. The lowest BCUT2D eigenvalue weighted by molar-refractivity contribution is -0.147. The summed E-state index contributed by atoms with van der Waals surface area (Å²) < 4.78 is 0. The van der Waals surface area contributed by atoms with Gasteiger partial charge in [-0.3, -0.25) is 14.6 Å². The van der Waals surface area contributed by atoms with Crippen molar-refractivity contribution in [3.05, 3.63) is 33.8 Å². The first-order chi connectivity index (χ1) is 10.1. The van der Waals surface area contributed by atoms with Crippen molar-refractivity contribution in [1.29, 1.82) is 0 Å². The van der Waals surface area contributed by atoms with Crippen LogP contribution < -0.4 is 0 Å². The molecule has 5 nitrogen and oxygen atoms in total. The van der Waals surface area contributed by atoms with Crippen molar-refractivity contribution < 1.29 is 19.8 Å². The Labute approximate surface area is 137 Å². The smallest absolute Gasteiger partial charge is 0.312 e. The Balaban J connectivity index is 2.62. The molecule has 1 aromatic carbocycles. The minimum absolute atomic E-state index is 0.0272. The van der Waals surface area contributed by atoms with Crippen molar-refractivity contribution in [1.82, 2.24) is 0 Å². The zero-order valence-electron chi connectivity index (χ0n) is 12.0. The number of aliphatic carboxylic acids is 2. The molecule has 1 heterocycles. The first kappa shape index (κ1) is 16.8. The number of halogens is 2. The molecule has 3 unspecified atom stereocenters. The number of carboxylic acid groups (broad SMARTS) is 2. The Morgan fingerprint density at radius 3 is 2.18 bits per heavy atom. The molecule has 0 aliphatic carbocycles. The number of benzene rings is 1. The van der Waals surface area contributed by atoms with Gasteiger partial charge in [-0.15, -0.1) is 0 Å². The SMILES string of the molecule is CC1=NC(C)(c2cc(Cl)cc(Cl)c2)C(C(=O)O)CC1C(=O)O. The molecule has 0 spiro atoms. The summed E-state index contributed by atoms with van der Waals surface area (Å²) in [4.78, 5) is 27.3. The van der Waals surface area contributed by atoms with Gasteiger partial charge in [-0.25, -0.2) is 0 Å². The van der Waals surface area contributed by atoms with E-state index in [1.807, 2.05) is 0 Å². The molecular weight excluding hydrogens is 329 g/mol. The standard InChI is InChI=1S/C15H15Cl2NO4/c1-7-11(13(19)20)6-12(14(21)22)15(2,18-7)8-3-9(16)5-10(17)4-8/h3-5,11-12H,6H2,1-2H3,(H,19,20)(H,21,22). The molecule has 7 heteroatoms. The molecule has 1 aliphatic heterocycles. The average Bonchev–Trinajstić information content (AvgIpc) is 2.36. The van der Waals surface area contributed by atoms with Gasteiger partial charge in [0.2, 0.25) is 0 Å². The van der Waals surface area contributed by atoms with Crippen LogP contribution in [-0.4, -0.2) is 27.9 Å². The fraction of sp³-hybridized carbons (Fsp3) is 0.400. The minimum Gasteiger partial charge on any atom is -0.481 e. The van der Waals surface area contributed by atoms with E-state index in [1.165, 1.54) is 0 Å². The molecule has 1 aromatic rings. The molecule has 0 bridgehead atoms. The highest BCUT2D eigenvalue weighted by Crippen LogP contribution is 2.43. The van der Waals surface area contributed by atoms with Crippen LogP contribution in [0.5, 0.6) is 0 Å². The Morgan fingerprint density at radius 1 is 1.18 bits per heavy atom. The number of carboxylic acids is 2. The summed E-state index contributed by atoms with van der Waals surface area (Å²) in [7, 11) is 0. The highest BCUT2D eigenvalue weighted by atomic mass is 35.5. The van der Waals surface area contributed by atoms with Gasteiger partial charge in [0.15, 0.2) is 0 Å². The van der Waals surface area contributed by atoms with Crippen LogP contribution in [0.3, 0.4) is 0 Å². The summed E-state index contributed by atoms with van der Waals surface area (Å²) in [6.07, 6.45) is -0.0272. The molecular formula is C15H15Cl2NO4. The van der Waals surface area contributed by atoms with Crippen LogP contribution >= 0.6 is 23.2 Å². The van der Waals surface area contributed by atoms with Crippen LogP contribution in [0, 0.1) is 11.8 Å². The number of nitrogens with zero attached hydrogens (tertiary/aromatic N) is 1. The van der Waals surface area contributed by atoms with Gasteiger partial charge < -0.3 is 10.2 Å². The minimum atomic E-state index is -1.11. The molecule has 0 amide bonds. The van der Waals surface area contributed by atoms with Gasteiger partial charge in [0.05, 0.1) is 17.4 Å². The number of hydrogen-bond acceptors (Lipinski definition) is 3. The highest BCUT2D eigenvalue weighted by molar-refractivity contribution is 6.34. The van der Waals surface area contributed by atoms with Gasteiger partial charge in [-0.05, 0) is 44.0 Å². The molecule has 22 heavy (non-hydrogen) atoms. The number of hydrogen-bond donors (Lipinski definition) is 2. The lowest BCUT2D eigenvalue weighted by Gasteiger charge is -2.38. The van der Waals surface area contributed by atoms with E-state index in [9.17, 15) is 19.8 Å². The van der Waals surface area contributed by atoms with Gasteiger partial charge in [0.1, 0.15) is 0 Å². The number of aliphatic imine (C=N–C) groups is 1. The van der Waals surface area contributed by atoms with Crippen molar-refractivity contribution in [3.63, 3.8) is 0 Å². The monoisotopic (exact) mass is 343 g/mol. The Morgan fingerprint density at radius 2 is 1.73 bits per heavy atom. The van der Waals surface area contributed by atoms with Crippen LogP contribution in [0.1, 0.15) is 25.8 Å². The summed E-state index contributed by atoms with van der Waals surface area (Å²) in [6, 6.07) is 4.77. The lowest BCUT2D eigenvalue weighted by Crippen LogP contribution is -2.44. The van der Waals surface area contributed by atoms with Crippen LogP contribution in [0.15, 0.2) is 23.2 Å². The fourth-order valence-corrected chi connectivity index (χ4v) is 3.42. The third-order valence-corrected chi connectivity index (χ3v) is 4.54. The molecule has 1 aliphatic rings. The van der Waals surface area contributed by atoms with Crippen LogP contribution in [0.4, 0.5) is 0 Å². The van der Waals surface area contributed by atoms with E-state index >= 15 is 0 Å². The first-order valence-corrected chi connectivity index (χ1v) is 7.39. The van der Waals surface area contributed by atoms with Crippen LogP contribution in [0.2, 0.25) is 10.0 Å². The molecule has 0 radical (unpaired) electrons. The summed E-state index contributed by atoms with van der Waals surface area (Å²) in [5, 5.41) is 19.5. The molecule has 0 saturated carbocycles. The third-order valence-electron chi connectivity index (χ3n) is 4.11. The van der Waals surface area contributed by atoms with E-state index in [1.54, 1.807) is 32.0 Å². The van der Waals surface area contributed by atoms with Crippen molar-refractivity contribution in [2.75, 3.05) is 0 Å². The van der Waals surface area contributed by atoms with Gasteiger partial charge >= 0.3 is 11.9 Å². The van der Waals surface area contributed by atoms with E-state index in [0.717, 1.165) is 0 Å². The Hall–Kier alpha value is -1.59. The lowest BCUT2D eigenvalue weighted by atomic mass is 9.72. The molecule has 0 fully saturated rings. The molecule has 2 rings (SSSR count). The number of rotatable bonds is 3. The van der Waals surface area contributed by atoms with Crippen molar-refractivity contribution >= 4 is 40.9 Å². The zero-order valence-corrected chi connectivity index (χ0v) is 13.5. The second kappa shape index (κ2) is 5.89. The van der Waals surface area contributed by atoms with Gasteiger partial charge in [-0.2, -0.15) is 0 Å². The maximum atomic E-state index is 11.7. The summed E-state index contributed by atoms with van der Waals surface area (Å²) >= 11 is 12.0. The normalized spacial score (nSPS) is 28.1. The topological polar surface area (TPSA) is 87.0 Å². The Kier molecular flexibility index (Phi) is 4.49. The largest absolute Gasteiger partial charge is 0.481 e. The molecule has 0 aromatic heterocycles. The summed E-state index contributed by atoms with van der Waals surface area (Å²) in [6.45, 7) is 3.26. The predicted molar refractivity (Wildman–Crippen MR) is 83.8 cm³/mol. The molecule has 0 saturated heterocycles. The average molecular weight is 344 g/mol. The second-order valence-corrected chi connectivity index (χ2v) is 6.45. The van der Waals surface area contributed by atoms with E-state index in [-0.39, 0.29) is 6.42 Å². The van der Waals surface area contributed by atoms with E-state index < -0.39 is 29.3 Å². The molecule has 118 valence electrons. The van der Waals surface area contributed by atoms with Crippen molar-refractivity contribution in [2.24, 2.45) is 16.8 Å².